The molecule has 2 N–H and O–H groups in total. The molecule has 0 aliphatic rings. The lowest BCUT2D eigenvalue weighted by molar-refractivity contribution is -0.159. The van der Waals surface area contributed by atoms with Crippen molar-refractivity contribution in [3.05, 3.63) is 28.2 Å². The Morgan fingerprint density at radius 2 is 1.84 bits per heavy atom. The van der Waals surface area contributed by atoms with Gasteiger partial charge in [0.2, 0.25) is 0 Å². The van der Waals surface area contributed by atoms with Gasteiger partial charge in [-0.1, -0.05) is 23.2 Å². The van der Waals surface area contributed by atoms with Crippen molar-refractivity contribution >= 4 is 35.1 Å². The van der Waals surface area contributed by atoms with Gasteiger partial charge in [-0.3, -0.25) is 4.79 Å². The van der Waals surface area contributed by atoms with Crippen LogP contribution in [0.4, 0.5) is 0 Å². The molecular weight excluding hydrogens is 293 g/mol. The van der Waals surface area contributed by atoms with Crippen molar-refractivity contribution < 1.29 is 19.1 Å². The third-order valence-electron chi connectivity index (χ3n) is 2.22. The van der Waals surface area contributed by atoms with Crippen LogP contribution in [0.2, 0.25) is 10.0 Å². The van der Waals surface area contributed by atoms with Gasteiger partial charge < -0.3 is 15.2 Å². The first kappa shape index (κ1) is 15.6. The molecule has 2 atom stereocenters. The minimum absolute atomic E-state index is 0.273. The van der Waals surface area contributed by atoms with E-state index < -0.39 is 24.1 Å². The number of esters is 1. The number of benzene rings is 1. The molecule has 104 valence electrons. The fourth-order valence-electron chi connectivity index (χ4n) is 1.14. The highest BCUT2D eigenvalue weighted by Gasteiger charge is 2.22. The summed E-state index contributed by atoms with van der Waals surface area (Å²) >= 11 is 11.6. The smallest absolute Gasteiger partial charge is 0.347 e. The van der Waals surface area contributed by atoms with Crippen LogP contribution in [0.15, 0.2) is 18.2 Å². The number of ether oxygens (including phenoxy) is 2. The number of hydrogen-bond acceptors (Lipinski definition) is 4. The second kappa shape index (κ2) is 6.63. The molecule has 0 aliphatic carbocycles. The number of primary amides is 1. The van der Waals surface area contributed by atoms with Crippen molar-refractivity contribution in [2.75, 3.05) is 0 Å². The quantitative estimate of drug-likeness (QED) is 0.846. The number of carbonyl (C=O) groups excluding carboxylic acids is 2. The van der Waals surface area contributed by atoms with Crippen LogP contribution >= 0.6 is 23.2 Å². The lowest BCUT2D eigenvalue weighted by atomic mass is 10.3. The zero-order valence-electron chi connectivity index (χ0n) is 10.4. The van der Waals surface area contributed by atoms with E-state index in [2.05, 4.69) is 0 Å². The molecule has 0 aliphatic heterocycles. The van der Waals surface area contributed by atoms with Crippen LogP contribution in [-0.4, -0.2) is 24.1 Å². The second-order valence-electron chi connectivity index (χ2n) is 3.82. The van der Waals surface area contributed by atoms with E-state index >= 15 is 0 Å². The molecule has 0 saturated carbocycles. The summed E-state index contributed by atoms with van der Waals surface area (Å²) in [5.74, 6) is -1.15. The first-order valence-electron chi connectivity index (χ1n) is 5.42. The van der Waals surface area contributed by atoms with Gasteiger partial charge in [-0.25, -0.2) is 4.79 Å². The number of amides is 1. The minimum Gasteiger partial charge on any atom is -0.477 e. The third kappa shape index (κ3) is 4.61. The predicted octanol–water partition coefficient (Wildman–Crippen LogP) is 2.18. The van der Waals surface area contributed by atoms with E-state index in [9.17, 15) is 9.59 Å². The Hall–Kier alpha value is -1.46. The lowest BCUT2D eigenvalue weighted by Crippen LogP contribution is -2.35. The van der Waals surface area contributed by atoms with E-state index in [4.69, 9.17) is 38.4 Å². The predicted molar refractivity (Wildman–Crippen MR) is 71.3 cm³/mol. The molecule has 1 aromatic carbocycles. The van der Waals surface area contributed by atoms with Gasteiger partial charge in [0.1, 0.15) is 5.75 Å². The number of carbonyl (C=O) groups is 2. The molecule has 0 saturated heterocycles. The Morgan fingerprint density at radius 3 is 2.37 bits per heavy atom. The van der Waals surface area contributed by atoms with Gasteiger partial charge in [0.15, 0.2) is 12.2 Å². The third-order valence-corrected chi connectivity index (χ3v) is 2.75. The van der Waals surface area contributed by atoms with E-state index in [0.717, 1.165) is 0 Å². The molecule has 0 fully saturated rings. The van der Waals surface area contributed by atoms with Gasteiger partial charge in [-0.05, 0) is 32.0 Å². The van der Waals surface area contributed by atoms with Gasteiger partial charge in [-0.15, -0.1) is 0 Å². The van der Waals surface area contributed by atoms with Crippen LogP contribution in [0.1, 0.15) is 13.8 Å². The van der Waals surface area contributed by atoms with Crippen molar-refractivity contribution in [2.45, 2.75) is 26.1 Å². The Kier molecular flexibility index (Phi) is 5.44. The molecule has 0 bridgehead atoms. The summed E-state index contributed by atoms with van der Waals surface area (Å²) in [4.78, 5) is 22.4. The normalized spacial score (nSPS) is 13.5. The summed E-state index contributed by atoms with van der Waals surface area (Å²) in [6.45, 7) is 2.85. The summed E-state index contributed by atoms with van der Waals surface area (Å²) in [6, 6.07) is 4.60. The van der Waals surface area contributed by atoms with Crippen molar-refractivity contribution in [3.8, 4) is 5.75 Å². The largest absolute Gasteiger partial charge is 0.477 e. The van der Waals surface area contributed by atoms with Crippen molar-refractivity contribution in [1.82, 2.24) is 0 Å². The molecule has 19 heavy (non-hydrogen) atoms. The van der Waals surface area contributed by atoms with Gasteiger partial charge in [0, 0.05) is 5.02 Å². The van der Waals surface area contributed by atoms with Gasteiger partial charge in [-0.2, -0.15) is 0 Å². The van der Waals surface area contributed by atoms with Crippen LogP contribution in [-0.2, 0) is 14.3 Å². The molecule has 7 heteroatoms. The van der Waals surface area contributed by atoms with Crippen LogP contribution in [0.3, 0.4) is 0 Å². The van der Waals surface area contributed by atoms with E-state index in [1.807, 2.05) is 0 Å². The molecule has 0 radical (unpaired) electrons. The summed E-state index contributed by atoms with van der Waals surface area (Å²) in [5, 5.41) is 0.727. The first-order chi connectivity index (χ1) is 8.81. The van der Waals surface area contributed by atoms with Crippen molar-refractivity contribution in [3.63, 3.8) is 0 Å². The van der Waals surface area contributed by atoms with Crippen LogP contribution in [0, 0.1) is 0 Å². The fourth-order valence-corrected chi connectivity index (χ4v) is 1.59. The van der Waals surface area contributed by atoms with Gasteiger partial charge >= 0.3 is 5.97 Å². The summed E-state index contributed by atoms with van der Waals surface area (Å²) < 4.78 is 10.1. The minimum atomic E-state index is -1.01. The monoisotopic (exact) mass is 305 g/mol. The first-order valence-corrected chi connectivity index (χ1v) is 6.18. The maximum absolute atomic E-state index is 11.6. The van der Waals surface area contributed by atoms with Crippen molar-refractivity contribution in [2.24, 2.45) is 5.73 Å². The Bertz CT molecular complexity index is 493. The second-order valence-corrected chi connectivity index (χ2v) is 4.66. The molecule has 1 rings (SSSR count). The van der Waals surface area contributed by atoms with E-state index in [-0.39, 0.29) is 5.02 Å². The number of nitrogens with two attached hydrogens (primary N) is 1. The molecule has 1 aromatic rings. The average molecular weight is 306 g/mol. The standard InChI is InChI=1S/C12H13Cl2NO4/c1-6(11(15)16)19-12(17)7(2)18-10-4-3-8(13)5-9(10)14/h3-7H,1-2H3,(H2,15,16)/t6-,7-/m1/s1. The molecule has 5 nitrogen and oxygen atoms in total. The highest BCUT2D eigenvalue weighted by atomic mass is 35.5. The Balaban J connectivity index is 2.66. The van der Waals surface area contributed by atoms with Crippen LogP contribution < -0.4 is 10.5 Å². The highest BCUT2D eigenvalue weighted by Crippen LogP contribution is 2.28. The molecule has 0 heterocycles. The van der Waals surface area contributed by atoms with Gasteiger partial charge in [0.25, 0.3) is 5.91 Å². The molecule has 0 unspecified atom stereocenters. The van der Waals surface area contributed by atoms with Gasteiger partial charge in [0.05, 0.1) is 5.02 Å². The number of hydrogen-bond donors (Lipinski definition) is 1. The topological polar surface area (TPSA) is 78.6 Å². The average Bonchev–Trinajstić information content (AvgIpc) is 2.32. The zero-order chi connectivity index (χ0) is 14.6. The molecule has 0 spiro atoms. The maximum atomic E-state index is 11.6. The lowest BCUT2D eigenvalue weighted by Gasteiger charge is -2.16. The molecule has 1 amide bonds. The van der Waals surface area contributed by atoms with E-state index in [0.29, 0.717) is 10.8 Å². The Morgan fingerprint density at radius 1 is 1.21 bits per heavy atom. The SMILES string of the molecule is C[C@@H](OC(=O)[C@@H](C)Oc1ccc(Cl)cc1Cl)C(N)=O. The van der Waals surface area contributed by atoms with E-state index in [1.165, 1.54) is 26.0 Å². The maximum Gasteiger partial charge on any atom is 0.347 e. The van der Waals surface area contributed by atoms with Crippen molar-refractivity contribution in [1.29, 1.82) is 0 Å². The molecular formula is C12H13Cl2NO4. The van der Waals surface area contributed by atoms with E-state index in [1.54, 1.807) is 6.07 Å². The Labute approximate surface area is 120 Å². The number of halogens is 2. The zero-order valence-corrected chi connectivity index (χ0v) is 11.9. The number of rotatable bonds is 5. The highest BCUT2D eigenvalue weighted by molar-refractivity contribution is 6.35. The summed E-state index contributed by atoms with van der Waals surface area (Å²) in [5.41, 5.74) is 4.98. The van der Waals surface area contributed by atoms with Crippen LogP contribution in [0.5, 0.6) is 5.75 Å². The summed E-state index contributed by atoms with van der Waals surface area (Å²) in [6.07, 6.45) is -1.94. The fraction of sp³-hybridized carbons (Fsp3) is 0.333. The molecule has 0 aromatic heterocycles. The van der Waals surface area contributed by atoms with Crippen LogP contribution in [0.25, 0.3) is 0 Å². The summed E-state index contributed by atoms with van der Waals surface area (Å²) in [7, 11) is 0.